The molecule has 1 aliphatic heterocycles. The van der Waals surface area contributed by atoms with Crippen molar-refractivity contribution in [2.24, 2.45) is 0 Å². The standard InChI is InChI=1S/C19H16N2O2S/c1-2-12-21-18(22)17(20-19(21)23)13-14-8-10-16(11-9-14)24-15-6-4-3-5-7-15/h2-11,13H,1,12H2,(H,20,23)/b17-13-. The van der Waals surface area contributed by atoms with Crippen LogP contribution in [0.1, 0.15) is 5.56 Å². The van der Waals surface area contributed by atoms with Gasteiger partial charge in [0.05, 0.1) is 0 Å². The highest BCUT2D eigenvalue weighted by molar-refractivity contribution is 7.99. The molecule has 1 saturated heterocycles. The summed E-state index contributed by atoms with van der Waals surface area (Å²) in [4.78, 5) is 27.3. The largest absolute Gasteiger partial charge is 0.329 e. The van der Waals surface area contributed by atoms with Crippen LogP contribution in [-0.2, 0) is 4.79 Å². The zero-order chi connectivity index (χ0) is 16.9. The summed E-state index contributed by atoms with van der Waals surface area (Å²) in [6, 6.07) is 17.5. The summed E-state index contributed by atoms with van der Waals surface area (Å²) in [6.07, 6.45) is 3.20. The fourth-order valence-corrected chi connectivity index (χ4v) is 3.13. The number of urea groups is 1. The van der Waals surface area contributed by atoms with E-state index in [0.717, 1.165) is 15.4 Å². The number of hydrogen-bond donors (Lipinski definition) is 1. The van der Waals surface area contributed by atoms with Crippen molar-refractivity contribution in [3.8, 4) is 0 Å². The number of carbonyl (C=O) groups excluding carboxylic acids is 2. The Morgan fingerprint density at radius 1 is 1.00 bits per heavy atom. The predicted octanol–water partition coefficient (Wildman–Crippen LogP) is 3.92. The van der Waals surface area contributed by atoms with E-state index in [0.29, 0.717) is 0 Å². The van der Waals surface area contributed by atoms with Crippen LogP contribution in [0.3, 0.4) is 0 Å². The first-order valence-electron chi connectivity index (χ1n) is 7.46. The van der Waals surface area contributed by atoms with Crippen molar-refractivity contribution in [3.05, 3.63) is 78.5 Å². The van der Waals surface area contributed by atoms with Gasteiger partial charge in [-0.1, -0.05) is 48.2 Å². The van der Waals surface area contributed by atoms with E-state index in [4.69, 9.17) is 0 Å². The van der Waals surface area contributed by atoms with Gasteiger partial charge in [0.15, 0.2) is 0 Å². The normalized spacial score (nSPS) is 15.7. The van der Waals surface area contributed by atoms with E-state index < -0.39 is 6.03 Å². The van der Waals surface area contributed by atoms with Crippen molar-refractivity contribution in [1.82, 2.24) is 10.2 Å². The third-order valence-corrected chi connectivity index (χ3v) is 4.46. The van der Waals surface area contributed by atoms with Crippen molar-refractivity contribution in [3.63, 3.8) is 0 Å². The molecule has 0 saturated carbocycles. The summed E-state index contributed by atoms with van der Waals surface area (Å²) in [5.41, 5.74) is 1.14. The van der Waals surface area contributed by atoms with Gasteiger partial charge in [0.1, 0.15) is 5.70 Å². The maximum absolute atomic E-state index is 12.1. The van der Waals surface area contributed by atoms with Crippen molar-refractivity contribution >= 4 is 29.8 Å². The smallest absolute Gasteiger partial charge is 0.303 e. The molecule has 1 fully saturated rings. The van der Waals surface area contributed by atoms with Crippen LogP contribution in [0.4, 0.5) is 4.79 Å². The molecule has 120 valence electrons. The number of benzene rings is 2. The van der Waals surface area contributed by atoms with Gasteiger partial charge < -0.3 is 5.32 Å². The summed E-state index contributed by atoms with van der Waals surface area (Å²) < 4.78 is 0. The molecule has 0 bridgehead atoms. The van der Waals surface area contributed by atoms with E-state index >= 15 is 0 Å². The van der Waals surface area contributed by atoms with Crippen molar-refractivity contribution in [2.45, 2.75) is 9.79 Å². The van der Waals surface area contributed by atoms with E-state index in [2.05, 4.69) is 24.0 Å². The van der Waals surface area contributed by atoms with E-state index in [9.17, 15) is 9.59 Å². The molecule has 0 aromatic heterocycles. The number of amides is 3. The topological polar surface area (TPSA) is 49.4 Å². The SMILES string of the molecule is C=CCN1C(=O)N/C(=C\c2ccc(Sc3ccccc3)cc2)C1=O. The van der Waals surface area contributed by atoms with E-state index in [-0.39, 0.29) is 18.1 Å². The highest BCUT2D eigenvalue weighted by atomic mass is 32.2. The molecule has 3 rings (SSSR count). The molecule has 0 spiro atoms. The Kier molecular flexibility index (Phi) is 4.82. The van der Waals surface area contributed by atoms with Gasteiger partial charge in [-0.05, 0) is 35.9 Å². The number of nitrogens with one attached hydrogen (secondary N) is 1. The average Bonchev–Trinajstić information content (AvgIpc) is 2.85. The minimum atomic E-state index is -0.414. The van der Waals surface area contributed by atoms with Crippen LogP contribution in [-0.4, -0.2) is 23.4 Å². The van der Waals surface area contributed by atoms with Crippen LogP contribution < -0.4 is 5.32 Å². The molecule has 3 amide bonds. The molecule has 0 radical (unpaired) electrons. The quantitative estimate of drug-likeness (QED) is 0.511. The average molecular weight is 336 g/mol. The van der Waals surface area contributed by atoms with Crippen LogP contribution in [0.5, 0.6) is 0 Å². The number of carbonyl (C=O) groups is 2. The van der Waals surface area contributed by atoms with Crippen molar-refractivity contribution < 1.29 is 9.59 Å². The highest BCUT2D eigenvalue weighted by Gasteiger charge is 2.32. The van der Waals surface area contributed by atoms with Crippen LogP contribution in [0.2, 0.25) is 0 Å². The van der Waals surface area contributed by atoms with Crippen LogP contribution in [0.15, 0.2) is 82.7 Å². The molecule has 0 aliphatic carbocycles. The lowest BCUT2D eigenvalue weighted by molar-refractivity contribution is -0.122. The van der Waals surface area contributed by atoms with Crippen LogP contribution in [0, 0.1) is 0 Å². The molecule has 0 unspecified atom stereocenters. The van der Waals surface area contributed by atoms with Gasteiger partial charge in [0.2, 0.25) is 0 Å². The second-order valence-corrected chi connectivity index (χ2v) is 6.32. The highest BCUT2D eigenvalue weighted by Crippen LogP contribution is 2.27. The maximum Gasteiger partial charge on any atom is 0.329 e. The molecule has 1 heterocycles. The van der Waals surface area contributed by atoms with Crippen LogP contribution in [0.25, 0.3) is 6.08 Å². The molecule has 1 aliphatic rings. The summed E-state index contributed by atoms with van der Waals surface area (Å²) in [5.74, 6) is -0.331. The Hall–Kier alpha value is -2.79. The third kappa shape index (κ3) is 3.58. The summed E-state index contributed by atoms with van der Waals surface area (Å²) in [7, 11) is 0. The van der Waals surface area contributed by atoms with E-state index in [1.54, 1.807) is 17.8 Å². The van der Waals surface area contributed by atoms with E-state index in [1.807, 2.05) is 42.5 Å². The lowest BCUT2D eigenvalue weighted by Gasteiger charge is -2.06. The summed E-state index contributed by atoms with van der Waals surface area (Å²) >= 11 is 1.67. The van der Waals surface area contributed by atoms with Gasteiger partial charge in [-0.2, -0.15) is 0 Å². The summed E-state index contributed by atoms with van der Waals surface area (Å²) in [6.45, 7) is 3.75. The molecule has 1 N–H and O–H groups in total. The first kappa shape index (κ1) is 16.1. The number of hydrogen-bond acceptors (Lipinski definition) is 3. The number of rotatable bonds is 5. The van der Waals surface area contributed by atoms with E-state index in [1.165, 1.54) is 11.0 Å². The second-order valence-electron chi connectivity index (χ2n) is 5.18. The summed E-state index contributed by atoms with van der Waals surface area (Å²) in [5, 5.41) is 2.59. The minimum Gasteiger partial charge on any atom is -0.303 e. The zero-order valence-corrected chi connectivity index (χ0v) is 13.8. The number of nitrogens with zero attached hydrogens (tertiary/aromatic N) is 1. The Balaban J connectivity index is 1.73. The van der Waals surface area contributed by atoms with Gasteiger partial charge in [0, 0.05) is 16.3 Å². The van der Waals surface area contributed by atoms with Gasteiger partial charge in [-0.15, -0.1) is 6.58 Å². The lowest BCUT2D eigenvalue weighted by atomic mass is 10.2. The molecule has 5 heteroatoms. The Morgan fingerprint density at radius 3 is 2.33 bits per heavy atom. The predicted molar refractivity (Wildman–Crippen MR) is 95.4 cm³/mol. The van der Waals surface area contributed by atoms with Gasteiger partial charge in [0.25, 0.3) is 5.91 Å². The molecule has 24 heavy (non-hydrogen) atoms. The molecular formula is C19H16N2O2S. The fourth-order valence-electron chi connectivity index (χ4n) is 2.29. The molecule has 4 nitrogen and oxygen atoms in total. The minimum absolute atomic E-state index is 0.203. The van der Waals surface area contributed by atoms with Crippen molar-refractivity contribution in [1.29, 1.82) is 0 Å². The van der Waals surface area contributed by atoms with Crippen molar-refractivity contribution in [2.75, 3.05) is 6.54 Å². The fraction of sp³-hybridized carbons (Fsp3) is 0.0526. The van der Waals surface area contributed by atoms with Gasteiger partial charge in [-0.3, -0.25) is 9.69 Å². The van der Waals surface area contributed by atoms with Gasteiger partial charge in [-0.25, -0.2) is 4.79 Å². The van der Waals surface area contributed by atoms with Gasteiger partial charge >= 0.3 is 6.03 Å². The van der Waals surface area contributed by atoms with Crippen LogP contribution >= 0.6 is 11.8 Å². The Bertz CT molecular complexity index is 798. The maximum atomic E-state index is 12.1. The molecule has 0 atom stereocenters. The third-order valence-electron chi connectivity index (χ3n) is 3.44. The Labute approximate surface area is 144 Å². The molecule has 2 aromatic rings. The Morgan fingerprint density at radius 2 is 1.67 bits per heavy atom. The first-order chi connectivity index (χ1) is 11.7. The number of imide groups is 1. The molecular weight excluding hydrogens is 320 g/mol. The first-order valence-corrected chi connectivity index (χ1v) is 8.27. The lowest BCUT2D eigenvalue weighted by Crippen LogP contribution is -2.30. The zero-order valence-electron chi connectivity index (χ0n) is 12.9. The second kappa shape index (κ2) is 7.19. The molecule has 2 aromatic carbocycles. The monoisotopic (exact) mass is 336 g/mol.